The van der Waals surface area contributed by atoms with Crippen LogP contribution in [0.25, 0.3) is 0 Å². The molecule has 0 radical (unpaired) electrons. The Balaban J connectivity index is 1.96. The number of nitrogens with zero attached hydrogens (tertiary/aromatic N) is 1. The number of carbonyl (C=O) groups excluding carboxylic acids is 1. The largest absolute Gasteiger partial charge is 0.465 e. The van der Waals surface area contributed by atoms with Crippen molar-refractivity contribution in [1.82, 2.24) is 4.90 Å². The van der Waals surface area contributed by atoms with Crippen molar-refractivity contribution in [3.63, 3.8) is 0 Å². The van der Waals surface area contributed by atoms with Gasteiger partial charge in [-0.25, -0.2) is 0 Å². The van der Waals surface area contributed by atoms with Crippen molar-refractivity contribution in [2.45, 2.75) is 32.2 Å². The molecule has 74 valence electrons. The van der Waals surface area contributed by atoms with Gasteiger partial charge in [0, 0.05) is 0 Å². The fourth-order valence-corrected chi connectivity index (χ4v) is 2.45. The second kappa shape index (κ2) is 3.66. The van der Waals surface area contributed by atoms with E-state index in [1.54, 1.807) is 0 Å². The molecule has 0 aliphatic carbocycles. The third-order valence-electron chi connectivity index (χ3n) is 3.21. The first-order valence-electron chi connectivity index (χ1n) is 5.22. The van der Waals surface area contributed by atoms with Gasteiger partial charge in [0.15, 0.2) is 0 Å². The predicted octanol–water partition coefficient (Wildman–Crippen LogP) is 1.03. The Hall–Kier alpha value is -0.570. The van der Waals surface area contributed by atoms with Gasteiger partial charge in [0.1, 0.15) is 6.04 Å². The quantitative estimate of drug-likeness (QED) is 0.599. The maximum absolute atomic E-state index is 11.5. The molecule has 1 atom stereocenters. The molecule has 3 saturated heterocycles. The molecule has 0 aromatic carbocycles. The van der Waals surface area contributed by atoms with Crippen LogP contribution in [0, 0.1) is 5.92 Å². The monoisotopic (exact) mass is 183 g/mol. The number of hydrogen-bond acceptors (Lipinski definition) is 3. The standard InChI is InChI=1S/C10H17NO2/c1-2-13-10(12)9-7-8-3-5-11(9)6-4-8/h8-9H,2-7H2,1H3. The SMILES string of the molecule is CCOC(=O)C1CC2CCN1CC2. The summed E-state index contributed by atoms with van der Waals surface area (Å²) in [4.78, 5) is 13.8. The lowest BCUT2D eigenvalue weighted by Gasteiger charge is -2.43. The topological polar surface area (TPSA) is 29.5 Å². The Kier molecular flexibility index (Phi) is 2.54. The summed E-state index contributed by atoms with van der Waals surface area (Å²) in [6, 6.07) is 0.0763. The number of rotatable bonds is 2. The van der Waals surface area contributed by atoms with E-state index < -0.39 is 0 Å². The van der Waals surface area contributed by atoms with Crippen molar-refractivity contribution in [1.29, 1.82) is 0 Å². The van der Waals surface area contributed by atoms with Gasteiger partial charge in [0.05, 0.1) is 6.61 Å². The van der Waals surface area contributed by atoms with Crippen LogP contribution in [0.3, 0.4) is 0 Å². The maximum Gasteiger partial charge on any atom is 0.323 e. The molecule has 0 amide bonds. The molecule has 3 fully saturated rings. The van der Waals surface area contributed by atoms with Crippen molar-refractivity contribution in [2.24, 2.45) is 5.92 Å². The van der Waals surface area contributed by atoms with Crippen molar-refractivity contribution >= 4 is 5.97 Å². The van der Waals surface area contributed by atoms with Crippen molar-refractivity contribution in [2.75, 3.05) is 19.7 Å². The molecule has 3 heteroatoms. The third kappa shape index (κ3) is 1.70. The van der Waals surface area contributed by atoms with E-state index in [0.717, 1.165) is 25.4 Å². The molecular weight excluding hydrogens is 166 g/mol. The lowest BCUT2D eigenvalue weighted by atomic mass is 9.83. The Morgan fingerprint density at radius 3 is 2.62 bits per heavy atom. The maximum atomic E-state index is 11.5. The highest BCUT2D eigenvalue weighted by molar-refractivity contribution is 5.76. The molecule has 3 rings (SSSR count). The number of hydrogen-bond donors (Lipinski definition) is 0. The van der Waals surface area contributed by atoms with Gasteiger partial charge in [-0.05, 0) is 45.2 Å². The van der Waals surface area contributed by atoms with Crippen LogP contribution in [0.15, 0.2) is 0 Å². The van der Waals surface area contributed by atoms with E-state index in [-0.39, 0.29) is 12.0 Å². The van der Waals surface area contributed by atoms with Crippen molar-refractivity contribution in [3.8, 4) is 0 Å². The second-order valence-electron chi connectivity index (χ2n) is 3.98. The molecule has 0 spiro atoms. The number of fused-ring (bicyclic) bond motifs is 3. The van der Waals surface area contributed by atoms with Gasteiger partial charge in [0.25, 0.3) is 0 Å². The summed E-state index contributed by atoms with van der Waals surface area (Å²) in [5.74, 6) is 0.770. The van der Waals surface area contributed by atoms with E-state index >= 15 is 0 Å². The highest BCUT2D eigenvalue weighted by atomic mass is 16.5. The number of piperidine rings is 3. The van der Waals surface area contributed by atoms with Crippen LogP contribution >= 0.6 is 0 Å². The molecule has 3 aliphatic heterocycles. The molecule has 0 aromatic heterocycles. The van der Waals surface area contributed by atoms with E-state index in [4.69, 9.17) is 4.74 Å². The van der Waals surface area contributed by atoms with Crippen LogP contribution in [-0.2, 0) is 9.53 Å². The van der Waals surface area contributed by atoms with Gasteiger partial charge in [-0.15, -0.1) is 0 Å². The molecule has 0 saturated carbocycles. The number of ether oxygens (including phenoxy) is 1. The fraction of sp³-hybridized carbons (Fsp3) is 0.900. The third-order valence-corrected chi connectivity index (χ3v) is 3.21. The Morgan fingerprint density at radius 2 is 2.15 bits per heavy atom. The van der Waals surface area contributed by atoms with Crippen LogP contribution in [0.1, 0.15) is 26.2 Å². The van der Waals surface area contributed by atoms with E-state index in [2.05, 4.69) is 4.90 Å². The molecule has 0 N–H and O–H groups in total. The lowest BCUT2D eigenvalue weighted by molar-refractivity contribution is -0.153. The van der Waals surface area contributed by atoms with E-state index in [1.165, 1.54) is 12.8 Å². The van der Waals surface area contributed by atoms with Crippen LogP contribution < -0.4 is 0 Å². The molecule has 3 nitrogen and oxygen atoms in total. The van der Waals surface area contributed by atoms with E-state index in [1.807, 2.05) is 6.92 Å². The number of esters is 1. The van der Waals surface area contributed by atoms with Crippen LogP contribution in [0.4, 0.5) is 0 Å². The average Bonchev–Trinajstić information content (AvgIpc) is 2.20. The highest BCUT2D eigenvalue weighted by Gasteiger charge is 2.38. The van der Waals surface area contributed by atoms with Gasteiger partial charge in [-0.2, -0.15) is 0 Å². The minimum Gasteiger partial charge on any atom is -0.465 e. The minimum atomic E-state index is -0.00750. The molecule has 13 heavy (non-hydrogen) atoms. The predicted molar refractivity (Wildman–Crippen MR) is 49.3 cm³/mol. The lowest BCUT2D eigenvalue weighted by Crippen LogP contribution is -2.52. The molecule has 2 bridgehead atoms. The first-order valence-corrected chi connectivity index (χ1v) is 5.22. The Labute approximate surface area is 79.0 Å². The van der Waals surface area contributed by atoms with Crippen LogP contribution in [-0.4, -0.2) is 36.6 Å². The zero-order valence-electron chi connectivity index (χ0n) is 8.16. The normalized spacial score (nSPS) is 37.5. The second-order valence-corrected chi connectivity index (χ2v) is 3.98. The fourth-order valence-electron chi connectivity index (χ4n) is 2.45. The Morgan fingerprint density at radius 1 is 1.46 bits per heavy atom. The molecule has 1 unspecified atom stereocenters. The highest BCUT2D eigenvalue weighted by Crippen LogP contribution is 2.32. The Bertz CT molecular complexity index is 197. The summed E-state index contributed by atoms with van der Waals surface area (Å²) in [7, 11) is 0. The molecule has 3 heterocycles. The minimum absolute atomic E-state index is 0.00750. The van der Waals surface area contributed by atoms with Crippen molar-refractivity contribution in [3.05, 3.63) is 0 Å². The first kappa shape index (κ1) is 9.00. The summed E-state index contributed by atoms with van der Waals surface area (Å²) in [6.45, 7) is 4.56. The summed E-state index contributed by atoms with van der Waals surface area (Å²) in [5.41, 5.74) is 0. The van der Waals surface area contributed by atoms with Gasteiger partial charge in [-0.1, -0.05) is 0 Å². The molecular formula is C10H17NO2. The van der Waals surface area contributed by atoms with E-state index in [0.29, 0.717) is 6.61 Å². The van der Waals surface area contributed by atoms with Crippen molar-refractivity contribution < 1.29 is 9.53 Å². The molecule has 0 aromatic rings. The smallest absolute Gasteiger partial charge is 0.323 e. The number of carbonyl (C=O) groups is 1. The van der Waals surface area contributed by atoms with Gasteiger partial charge < -0.3 is 4.74 Å². The van der Waals surface area contributed by atoms with Gasteiger partial charge in [0.2, 0.25) is 0 Å². The van der Waals surface area contributed by atoms with Gasteiger partial charge >= 0.3 is 5.97 Å². The molecule has 3 aliphatic rings. The average molecular weight is 183 g/mol. The van der Waals surface area contributed by atoms with Gasteiger partial charge in [-0.3, -0.25) is 9.69 Å². The van der Waals surface area contributed by atoms with Crippen LogP contribution in [0.2, 0.25) is 0 Å². The zero-order valence-corrected chi connectivity index (χ0v) is 8.16. The summed E-state index contributed by atoms with van der Waals surface area (Å²) in [5, 5.41) is 0. The van der Waals surface area contributed by atoms with Crippen LogP contribution in [0.5, 0.6) is 0 Å². The summed E-state index contributed by atoms with van der Waals surface area (Å²) in [6.07, 6.45) is 3.57. The zero-order chi connectivity index (χ0) is 9.26. The summed E-state index contributed by atoms with van der Waals surface area (Å²) >= 11 is 0. The van der Waals surface area contributed by atoms with E-state index in [9.17, 15) is 4.79 Å². The summed E-state index contributed by atoms with van der Waals surface area (Å²) < 4.78 is 5.05. The first-order chi connectivity index (χ1) is 6.31.